The van der Waals surface area contributed by atoms with Crippen LogP contribution in [0.4, 0.5) is 10.2 Å². The first-order chi connectivity index (χ1) is 13.0. The average molecular weight is 422 g/mol. The zero-order chi connectivity index (χ0) is 21.1. The van der Waals surface area contributed by atoms with E-state index in [1.165, 1.54) is 0 Å². The van der Waals surface area contributed by atoms with E-state index in [2.05, 4.69) is 47.0 Å². The van der Waals surface area contributed by atoms with Crippen LogP contribution in [0.2, 0.25) is 0 Å². The first kappa shape index (κ1) is 22.9. The van der Waals surface area contributed by atoms with Gasteiger partial charge in [-0.15, -0.1) is 0 Å². The number of ether oxygens (including phenoxy) is 1. The summed E-state index contributed by atoms with van der Waals surface area (Å²) in [5, 5.41) is 2.33. The molecule has 2 fully saturated rings. The average Bonchev–Trinajstić information content (AvgIpc) is 2.91. The highest BCUT2D eigenvalue weighted by atomic mass is 31.2. The van der Waals surface area contributed by atoms with E-state index in [1.807, 2.05) is 0 Å². The van der Waals surface area contributed by atoms with Crippen LogP contribution in [0.15, 0.2) is 11.0 Å². The molecule has 0 aromatic carbocycles. The largest absolute Gasteiger partial charge is 0.756 e. The maximum atomic E-state index is 13.4. The Morgan fingerprint density at radius 3 is 2.50 bits per heavy atom. The summed E-state index contributed by atoms with van der Waals surface area (Å²) in [5.41, 5.74) is 4.47. The van der Waals surface area contributed by atoms with Gasteiger partial charge in [-0.05, 0) is 27.7 Å². The summed E-state index contributed by atoms with van der Waals surface area (Å²) in [7, 11) is -4.29. The molecule has 10 nitrogen and oxygen atoms in total. The van der Waals surface area contributed by atoms with Gasteiger partial charge in [-0.25, -0.2) is 9.18 Å². The Labute approximate surface area is 162 Å². The standard InChI is InChI=1S/C10H13FN3O6P.C6H15N/c11-6-2-14(10(15)13-9(6)12)8-1-5-3-18-21(16,17)19-4-7(5)20-8;1-5(2)7-6(3)4/h2,5,7-8H,1,3-4H2,(H,16,17)(H2,12,13,15);5-7H,1-4H3/t5-,7-,8?;/m1./s1. The number of phosphoric ester groups is 1. The number of halogens is 1. The van der Waals surface area contributed by atoms with Crippen LogP contribution < -0.4 is 21.6 Å². The number of aromatic nitrogens is 2. The number of anilines is 1. The predicted octanol–water partition coefficient (Wildman–Crippen LogP) is -0.250. The quantitative estimate of drug-likeness (QED) is 0.634. The molecule has 4 atom stereocenters. The molecule has 0 spiro atoms. The maximum absolute atomic E-state index is 13.4. The van der Waals surface area contributed by atoms with Crippen LogP contribution in [0.1, 0.15) is 40.3 Å². The Balaban J connectivity index is 0.000000345. The van der Waals surface area contributed by atoms with E-state index in [1.54, 1.807) is 0 Å². The summed E-state index contributed by atoms with van der Waals surface area (Å²) in [6.07, 6.45) is -0.140. The highest BCUT2D eigenvalue weighted by Crippen LogP contribution is 2.46. The molecule has 4 N–H and O–H groups in total. The summed E-state index contributed by atoms with van der Waals surface area (Å²) in [6.45, 7) is 8.52. The number of fused-ring (bicyclic) bond motifs is 1. The summed E-state index contributed by atoms with van der Waals surface area (Å²) in [5.74, 6) is -1.60. The second-order valence-corrected chi connectivity index (χ2v) is 8.92. The predicted molar refractivity (Wildman–Crippen MR) is 96.6 cm³/mol. The second kappa shape index (κ2) is 9.43. The van der Waals surface area contributed by atoms with Crippen molar-refractivity contribution in [1.82, 2.24) is 9.55 Å². The van der Waals surface area contributed by atoms with E-state index in [9.17, 15) is 18.6 Å². The lowest BCUT2D eigenvalue weighted by Crippen LogP contribution is -2.92. The zero-order valence-electron chi connectivity index (χ0n) is 16.4. The van der Waals surface area contributed by atoms with Gasteiger partial charge in [0.2, 0.25) is 0 Å². The molecule has 3 heterocycles. The lowest BCUT2D eigenvalue weighted by Gasteiger charge is -2.21. The first-order valence-corrected chi connectivity index (χ1v) is 10.6. The van der Waals surface area contributed by atoms with Gasteiger partial charge < -0.3 is 29.7 Å². The topological polar surface area (TPSA) is 145 Å². The van der Waals surface area contributed by atoms with Crippen LogP contribution in [-0.2, 0) is 18.3 Å². The van der Waals surface area contributed by atoms with Crippen molar-refractivity contribution in [3.8, 4) is 0 Å². The first-order valence-electron chi connectivity index (χ1n) is 9.13. The van der Waals surface area contributed by atoms with Crippen LogP contribution in [0.5, 0.6) is 0 Å². The van der Waals surface area contributed by atoms with Gasteiger partial charge in [-0.3, -0.25) is 9.13 Å². The van der Waals surface area contributed by atoms with Gasteiger partial charge in [0.05, 0.1) is 37.6 Å². The minimum absolute atomic E-state index is 0.110. The summed E-state index contributed by atoms with van der Waals surface area (Å²) in [6, 6.07) is 1.50. The van der Waals surface area contributed by atoms with E-state index in [4.69, 9.17) is 10.5 Å². The van der Waals surface area contributed by atoms with Crippen molar-refractivity contribution in [1.29, 1.82) is 0 Å². The minimum Gasteiger partial charge on any atom is -0.756 e. The van der Waals surface area contributed by atoms with Crippen LogP contribution in [0.3, 0.4) is 0 Å². The fourth-order valence-electron chi connectivity index (χ4n) is 3.13. The number of quaternary nitrogens is 1. The molecule has 0 radical (unpaired) electrons. The number of nitrogen functional groups attached to an aromatic ring is 1. The zero-order valence-corrected chi connectivity index (χ0v) is 17.3. The molecule has 0 aliphatic carbocycles. The highest BCUT2D eigenvalue weighted by molar-refractivity contribution is 7.45. The molecule has 3 rings (SSSR count). The van der Waals surface area contributed by atoms with Gasteiger partial charge in [-0.1, -0.05) is 0 Å². The molecule has 2 saturated heterocycles. The number of hydrogen-bond acceptors (Lipinski definition) is 8. The molecule has 0 amide bonds. The summed E-state index contributed by atoms with van der Waals surface area (Å²) in [4.78, 5) is 26.3. The van der Waals surface area contributed by atoms with Gasteiger partial charge in [0.1, 0.15) is 6.23 Å². The monoisotopic (exact) mass is 422 g/mol. The van der Waals surface area contributed by atoms with Gasteiger partial charge >= 0.3 is 5.69 Å². The third-order valence-electron chi connectivity index (χ3n) is 4.22. The van der Waals surface area contributed by atoms with Crippen molar-refractivity contribution in [3.63, 3.8) is 0 Å². The van der Waals surface area contributed by atoms with E-state index in [0.29, 0.717) is 0 Å². The minimum atomic E-state index is -4.29. The molecule has 28 heavy (non-hydrogen) atoms. The van der Waals surface area contributed by atoms with Crippen LogP contribution >= 0.6 is 7.82 Å². The second-order valence-electron chi connectivity index (χ2n) is 7.51. The fraction of sp³-hybridized carbons (Fsp3) is 0.750. The molecule has 0 saturated carbocycles. The number of nitrogens with zero attached hydrogens (tertiary/aromatic N) is 2. The van der Waals surface area contributed by atoms with Crippen molar-refractivity contribution in [2.45, 2.75) is 58.5 Å². The number of hydrogen-bond donors (Lipinski definition) is 2. The van der Waals surface area contributed by atoms with Crippen molar-refractivity contribution in [2.24, 2.45) is 5.92 Å². The molecule has 2 aliphatic heterocycles. The Hall–Kier alpha value is -1.36. The Kier molecular flexibility index (Phi) is 7.72. The van der Waals surface area contributed by atoms with Crippen LogP contribution in [-0.4, -0.2) is 41.0 Å². The molecule has 1 aromatic heterocycles. The molecule has 2 unspecified atom stereocenters. The maximum Gasteiger partial charge on any atom is 0.351 e. The molecule has 160 valence electrons. The lowest BCUT2D eigenvalue weighted by molar-refractivity contribution is -0.709. The van der Waals surface area contributed by atoms with Crippen molar-refractivity contribution in [2.75, 3.05) is 18.9 Å². The Morgan fingerprint density at radius 1 is 1.32 bits per heavy atom. The van der Waals surface area contributed by atoms with E-state index in [-0.39, 0.29) is 25.6 Å². The van der Waals surface area contributed by atoms with Gasteiger partial charge in [0.25, 0.3) is 7.82 Å². The molecule has 0 bridgehead atoms. The van der Waals surface area contributed by atoms with Crippen LogP contribution in [0, 0.1) is 11.7 Å². The number of rotatable bonds is 3. The Bertz CT molecular complexity index is 748. The van der Waals surface area contributed by atoms with E-state index < -0.39 is 37.5 Å². The third-order valence-corrected chi connectivity index (χ3v) is 5.15. The van der Waals surface area contributed by atoms with E-state index >= 15 is 0 Å². The van der Waals surface area contributed by atoms with Crippen molar-refractivity contribution in [3.05, 3.63) is 22.5 Å². The van der Waals surface area contributed by atoms with Crippen LogP contribution in [0.25, 0.3) is 0 Å². The van der Waals surface area contributed by atoms with Gasteiger partial charge in [-0.2, -0.15) is 4.98 Å². The van der Waals surface area contributed by atoms with Crippen molar-refractivity contribution < 1.29 is 33.0 Å². The summed E-state index contributed by atoms with van der Waals surface area (Å²) >= 11 is 0. The molecular formula is C16H28FN4O6P. The fourth-order valence-corrected chi connectivity index (χ4v) is 3.91. The molecular weight excluding hydrogens is 394 g/mol. The molecule has 2 aliphatic rings. The number of phosphoric acid groups is 1. The summed E-state index contributed by atoms with van der Waals surface area (Å²) < 4.78 is 40.4. The molecule has 12 heteroatoms. The van der Waals surface area contributed by atoms with Gasteiger partial charge in [0.15, 0.2) is 11.6 Å². The van der Waals surface area contributed by atoms with E-state index in [0.717, 1.165) is 22.8 Å². The normalized spacial score (nSPS) is 29.9. The van der Waals surface area contributed by atoms with Gasteiger partial charge in [0, 0.05) is 12.3 Å². The van der Waals surface area contributed by atoms with Crippen molar-refractivity contribution >= 4 is 13.6 Å². The smallest absolute Gasteiger partial charge is 0.351 e. The number of nitrogens with two attached hydrogens (primary N) is 2. The lowest BCUT2D eigenvalue weighted by atomic mass is 10.0. The third kappa shape index (κ3) is 6.33. The SMILES string of the molecule is CC(C)[NH2+]C(C)C.Nc1nc(=O)n(C2C[C@@H]3COP(=O)([O-])OC[C@H]3O2)cc1F. The highest BCUT2D eigenvalue weighted by Gasteiger charge is 2.40. The Morgan fingerprint density at radius 2 is 1.93 bits per heavy atom. The molecule has 1 aromatic rings.